The Labute approximate surface area is 357 Å². The van der Waals surface area contributed by atoms with E-state index < -0.39 is 17.3 Å². The molecular weight excluding hydrogens is 776 g/mol. The second kappa shape index (κ2) is 16.6. The van der Waals surface area contributed by atoms with Crippen LogP contribution in [0.1, 0.15) is 91.5 Å². The van der Waals surface area contributed by atoms with E-state index in [2.05, 4.69) is 34.3 Å². The van der Waals surface area contributed by atoms with Gasteiger partial charge in [-0.15, -0.1) is 0 Å². The van der Waals surface area contributed by atoms with E-state index in [0.717, 1.165) is 100 Å². The average Bonchev–Trinajstić information content (AvgIpc) is 4.02. The van der Waals surface area contributed by atoms with Crippen LogP contribution >= 0.6 is 0 Å². The van der Waals surface area contributed by atoms with Crippen LogP contribution in [0.15, 0.2) is 36.5 Å². The Morgan fingerprint density at radius 1 is 1.07 bits per heavy atom. The van der Waals surface area contributed by atoms with Crippen molar-refractivity contribution < 1.29 is 28.6 Å². The normalized spacial score (nSPS) is 25.7. The van der Waals surface area contributed by atoms with Crippen LogP contribution in [0.2, 0.25) is 0 Å². The first-order valence-corrected chi connectivity index (χ1v) is 22.5. The van der Waals surface area contributed by atoms with Crippen LogP contribution in [0.25, 0.3) is 32.9 Å². The number of benzene rings is 2. The summed E-state index contributed by atoms with van der Waals surface area (Å²) in [7, 11) is 0. The fourth-order valence-corrected chi connectivity index (χ4v) is 11.0. The topological polar surface area (TPSA) is 145 Å². The molecule has 5 fully saturated rings. The van der Waals surface area contributed by atoms with Gasteiger partial charge in [0.15, 0.2) is 5.82 Å². The van der Waals surface area contributed by atoms with E-state index in [0.29, 0.717) is 42.1 Å². The number of fused-ring (bicyclic) bond motifs is 5. The van der Waals surface area contributed by atoms with Crippen LogP contribution in [0.4, 0.5) is 10.2 Å². The number of aryl methyl sites for hydroxylation is 1. The van der Waals surface area contributed by atoms with Crippen molar-refractivity contribution in [2.24, 2.45) is 5.41 Å². The van der Waals surface area contributed by atoms with Crippen molar-refractivity contribution in [3.8, 4) is 23.0 Å². The number of anilines is 1. The van der Waals surface area contributed by atoms with Gasteiger partial charge in [0.25, 0.3) is 0 Å². The number of likely N-dealkylation sites (tertiary alicyclic amines) is 1. The van der Waals surface area contributed by atoms with Gasteiger partial charge in [0.1, 0.15) is 42.0 Å². The second-order valence-electron chi connectivity index (χ2n) is 19.3. The first-order valence-electron chi connectivity index (χ1n) is 22.5. The Bertz CT molecular complexity index is 2310. The molecule has 5 aliphatic rings. The predicted molar refractivity (Wildman–Crippen MR) is 233 cm³/mol. The van der Waals surface area contributed by atoms with Crippen molar-refractivity contribution >= 4 is 39.3 Å². The quantitative estimate of drug-likeness (QED) is 0.152. The summed E-state index contributed by atoms with van der Waals surface area (Å²) < 4.78 is 29.9. The number of nitrogens with one attached hydrogen (secondary N) is 2. The molecule has 6 atom stereocenters. The number of hydrogen-bond donors (Lipinski definition) is 3. The van der Waals surface area contributed by atoms with E-state index in [4.69, 9.17) is 24.4 Å². The molecule has 0 saturated carbocycles. The summed E-state index contributed by atoms with van der Waals surface area (Å²) in [6.07, 6.45) is 10.2. The van der Waals surface area contributed by atoms with Crippen molar-refractivity contribution in [1.82, 2.24) is 35.4 Å². The molecule has 0 radical (unpaired) electrons. The van der Waals surface area contributed by atoms with Gasteiger partial charge in [0.05, 0.1) is 17.5 Å². The molecule has 2 bridgehead atoms. The summed E-state index contributed by atoms with van der Waals surface area (Å²) in [6.45, 7) is 13.8. The molecule has 14 heteroatoms. The number of carbonyl (C=O) groups excluding carboxylic acids is 2. The van der Waals surface area contributed by atoms with Crippen LogP contribution in [-0.2, 0) is 20.7 Å². The fraction of sp³-hybridized carbons (Fsp3) is 0.596. The molecule has 2 aromatic heterocycles. The second-order valence-corrected chi connectivity index (χ2v) is 19.3. The van der Waals surface area contributed by atoms with Gasteiger partial charge in [-0.1, -0.05) is 45.9 Å². The third kappa shape index (κ3) is 7.99. The van der Waals surface area contributed by atoms with E-state index in [9.17, 15) is 14.7 Å². The molecule has 5 saturated heterocycles. The minimum atomic E-state index is -0.629. The zero-order valence-electron chi connectivity index (χ0n) is 36.3. The number of halogens is 1. The summed E-state index contributed by atoms with van der Waals surface area (Å²) in [6, 6.07) is 9.62. The Balaban J connectivity index is 0.938. The number of carbonyl (C=O) groups is 2. The highest BCUT2D eigenvalue weighted by atomic mass is 19.1. The standard InChI is InChI=1S/C47H61FN8O5/c1-6-29-11-7-12-30-20-34(57)21-35(38(29)30)40-39(48)41-36(22-49-40)43(54-23-31-13-14-32(24-54)50-31)53-45(52-41)61-27-47-16-9-19-56(47)33(15-17-47)25-60-26-37(58)51-42(46(3,4)5)44(59)55-18-8-10-28(55)2/h7,11-12,20-22,28,31-33,42,50,57H,6,8-10,13-19,23-27H2,1-5H3,(H,51,58)/t28?,31?,32?,33-,42?,47?/m1/s1. The maximum Gasteiger partial charge on any atom is 0.319 e. The number of amides is 2. The van der Waals surface area contributed by atoms with Gasteiger partial charge in [-0.05, 0) is 105 Å². The average molecular weight is 837 g/mol. The maximum atomic E-state index is 17.2. The van der Waals surface area contributed by atoms with Gasteiger partial charge in [-0.3, -0.25) is 19.5 Å². The summed E-state index contributed by atoms with van der Waals surface area (Å²) >= 11 is 0. The number of pyridine rings is 1. The van der Waals surface area contributed by atoms with Gasteiger partial charge in [-0.25, -0.2) is 4.39 Å². The molecule has 0 spiro atoms. The van der Waals surface area contributed by atoms with Crippen molar-refractivity contribution in [2.75, 3.05) is 50.9 Å². The minimum Gasteiger partial charge on any atom is -0.508 e. The summed E-state index contributed by atoms with van der Waals surface area (Å²) in [5.41, 5.74) is 1.11. The third-order valence-electron chi connectivity index (χ3n) is 14.1. The lowest BCUT2D eigenvalue weighted by atomic mass is 9.85. The third-order valence-corrected chi connectivity index (χ3v) is 14.1. The number of piperazine rings is 1. The molecule has 326 valence electrons. The molecule has 5 aliphatic heterocycles. The van der Waals surface area contributed by atoms with E-state index in [-0.39, 0.29) is 59.0 Å². The number of hydrogen-bond acceptors (Lipinski definition) is 11. The molecule has 5 unspecified atom stereocenters. The van der Waals surface area contributed by atoms with E-state index in [1.807, 2.05) is 43.9 Å². The molecule has 2 amide bonds. The molecule has 0 aliphatic carbocycles. The number of phenols is 1. The van der Waals surface area contributed by atoms with Crippen LogP contribution in [0.3, 0.4) is 0 Å². The largest absolute Gasteiger partial charge is 0.508 e. The molecule has 61 heavy (non-hydrogen) atoms. The maximum absolute atomic E-state index is 17.2. The highest BCUT2D eigenvalue weighted by molar-refractivity contribution is 6.01. The summed E-state index contributed by atoms with van der Waals surface area (Å²) in [5, 5.41) is 19.6. The number of nitrogens with zero attached hydrogens (tertiary/aromatic N) is 6. The Hall–Kier alpha value is -4.66. The van der Waals surface area contributed by atoms with Gasteiger partial charge in [0, 0.05) is 55.6 Å². The van der Waals surface area contributed by atoms with Crippen LogP contribution in [0, 0.1) is 11.2 Å². The summed E-state index contributed by atoms with van der Waals surface area (Å²) in [5.74, 6) is -0.231. The monoisotopic (exact) mass is 836 g/mol. The molecule has 2 aromatic carbocycles. The SMILES string of the molecule is CCc1cccc2cc(O)cc(-c3ncc4c(N5CC6CCC(C5)N6)nc(OCC56CCCN5[C@@H](COCC(=O)NC(C(=O)N5CCCC5C)C(C)(C)C)CC6)nc4c3F)c12. The van der Waals surface area contributed by atoms with Crippen LogP contribution < -0.4 is 20.3 Å². The van der Waals surface area contributed by atoms with Crippen molar-refractivity contribution in [3.63, 3.8) is 0 Å². The zero-order chi connectivity index (χ0) is 42.6. The van der Waals surface area contributed by atoms with Crippen LogP contribution in [-0.4, -0.2) is 123 Å². The first-order chi connectivity index (χ1) is 29.3. The minimum absolute atomic E-state index is 0.0263. The van der Waals surface area contributed by atoms with Crippen molar-refractivity contribution in [3.05, 3.63) is 47.9 Å². The molecule has 9 rings (SSSR count). The smallest absolute Gasteiger partial charge is 0.319 e. The van der Waals surface area contributed by atoms with Gasteiger partial charge >= 0.3 is 6.01 Å². The highest BCUT2D eigenvalue weighted by Crippen LogP contribution is 2.44. The summed E-state index contributed by atoms with van der Waals surface area (Å²) in [4.78, 5) is 47.8. The molecule has 4 aromatic rings. The van der Waals surface area contributed by atoms with Crippen LogP contribution in [0.5, 0.6) is 11.8 Å². The zero-order valence-corrected chi connectivity index (χ0v) is 36.3. The predicted octanol–water partition coefficient (Wildman–Crippen LogP) is 6.13. The van der Waals surface area contributed by atoms with Crippen molar-refractivity contribution in [1.29, 1.82) is 0 Å². The van der Waals surface area contributed by atoms with Crippen molar-refractivity contribution in [2.45, 2.75) is 128 Å². The Morgan fingerprint density at radius 3 is 2.61 bits per heavy atom. The van der Waals surface area contributed by atoms with Gasteiger partial charge < -0.3 is 35.0 Å². The number of phenolic OH excluding ortho intramolecular Hbond substituents is 1. The lowest BCUT2D eigenvalue weighted by molar-refractivity contribution is -0.141. The number of aromatic hydroxyl groups is 1. The van der Waals surface area contributed by atoms with E-state index >= 15 is 4.39 Å². The molecule has 3 N–H and O–H groups in total. The first kappa shape index (κ1) is 41.7. The Morgan fingerprint density at radius 2 is 1.87 bits per heavy atom. The molecular formula is C47H61FN8O5. The highest BCUT2D eigenvalue weighted by Gasteiger charge is 2.50. The Kier molecular flexibility index (Phi) is 11.3. The van der Waals surface area contributed by atoms with E-state index in [1.54, 1.807) is 18.3 Å². The van der Waals surface area contributed by atoms with E-state index in [1.165, 1.54) is 0 Å². The number of rotatable bonds is 12. The lowest BCUT2D eigenvalue weighted by Gasteiger charge is -2.35. The van der Waals surface area contributed by atoms with Gasteiger partial charge in [0.2, 0.25) is 11.8 Å². The fourth-order valence-electron chi connectivity index (χ4n) is 11.0. The molecule has 13 nitrogen and oxygen atoms in total. The number of ether oxygens (including phenoxy) is 2. The molecule has 7 heterocycles. The van der Waals surface area contributed by atoms with Gasteiger partial charge in [-0.2, -0.15) is 9.97 Å². The number of aromatic nitrogens is 3. The lowest BCUT2D eigenvalue weighted by Crippen LogP contribution is -2.56.